The molecule has 30 heavy (non-hydrogen) atoms. The molecule has 1 amide bonds. The molecule has 0 atom stereocenters. The van der Waals surface area contributed by atoms with E-state index in [1.165, 1.54) is 38.4 Å². The van der Waals surface area contributed by atoms with Crippen molar-refractivity contribution in [2.75, 3.05) is 31.6 Å². The number of amides is 1. The molecule has 2 aromatic carbocycles. The van der Waals surface area contributed by atoms with E-state index in [1.54, 1.807) is 31.2 Å². The van der Waals surface area contributed by atoms with Gasteiger partial charge in [0.25, 0.3) is 15.9 Å². The second kappa shape index (κ2) is 9.38. The molecule has 0 aromatic heterocycles. The second-order valence-corrected chi connectivity index (χ2v) is 8.48. The highest BCUT2D eigenvalue weighted by atomic mass is 32.2. The summed E-state index contributed by atoms with van der Waals surface area (Å²) >= 11 is 0. The fourth-order valence-corrected chi connectivity index (χ4v) is 4.07. The van der Waals surface area contributed by atoms with Crippen molar-refractivity contribution in [1.29, 1.82) is 0 Å². The minimum Gasteiger partial charge on any atom is -0.495 e. The number of alkyl halides is 3. The smallest absolute Gasteiger partial charge is 0.406 e. The van der Waals surface area contributed by atoms with Gasteiger partial charge in [-0.3, -0.25) is 9.10 Å². The first-order chi connectivity index (χ1) is 14.0. The van der Waals surface area contributed by atoms with E-state index in [9.17, 15) is 26.4 Å². The summed E-state index contributed by atoms with van der Waals surface area (Å²) in [5.74, 6) is -0.450. The molecule has 0 saturated heterocycles. The molecule has 0 aliphatic rings. The normalized spacial score (nSPS) is 11.8. The van der Waals surface area contributed by atoms with Gasteiger partial charge in [-0.1, -0.05) is 19.1 Å². The molecule has 0 saturated carbocycles. The van der Waals surface area contributed by atoms with Gasteiger partial charge >= 0.3 is 6.18 Å². The Kier molecular flexibility index (Phi) is 7.35. The summed E-state index contributed by atoms with van der Waals surface area (Å²) in [6.07, 6.45) is -4.16. The van der Waals surface area contributed by atoms with E-state index in [-0.39, 0.29) is 17.0 Å². The number of halogens is 3. The minimum atomic E-state index is -4.52. The Labute approximate surface area is 173 Å². The number of carbonyl (C=O) groups excluding carboxylic acids is 1. The maximum Gasteiger partial charge on any atom is 0.406 e. The molecule has 0 aliphatic carbocycles. The van der Waals surface area contributed by atoms with E-state index in [4.69, 9.17) is 4.74 Å². The molecule has 0 heterocycles. The lowest BCUT2D eigenvalue weighted by Crippen LogP contribution is -2.39. The second-order valence-electron chi connectivity index (χ2n) is 6.51. The van der Waals surface area contributed by atoms with E-state index in [0.29, 0.717) is 22.8 Å². The van der Waals surface area contributed by atoms with Crippen molar-refractivity contribution < 1.29 is 31.1 Å². The van der Waals surface area contributed by atoms with Crippen molar-refractivity contribution in [3.8, 4) is 5.75 Å². The summed E-state index contributed by atoms with van der Waals surface area (Å²) < 4.78 is 70.3. The predicted octanol–water partition coefficient (Wildman–Crippen LogP) is 3.93. The number of rotatable bonds is 8. The highest BCUT2D eigenvalue weighted by Crippen LogP contribution is 2.31. The summed E-state index contributed by atoms with van der Waals surface area (Å²) in [5.41, 5.74) is 0.297. The van der Waals surface area contributed by atoms with Crippen LogP contribution in [0.2, 0.25) is 0 Å². The van der Waals surface area contributed by atoms with Crippen LogP contribution in [0.15, 0.2) is 53.4 Å². The van der Waals surface area contributed by atoms with Crippen LogP contribution >= 0.6 is 0 Å². The summed E-state index contributed by atoms with van der Waals surface area (Å²) in [6.45, 7) is 0.241. The highest BCUT2D eigenvalue weighted by Gasteiger charge is 2.33. The number of hydrogen-bond donors (Lipinski definition) is 0. The molecule has 0 aliphatic heterocycles. The van der Waals surface area contributed by atoms with Crippen LogP contribution in [0.4, 0.5) is 18.9 Å². The van der Waals surface area contributed by atoms with Crippen LogP contribution < -0.4 is 9.04 Å². The van der Waals surface area contributed by atoms with Crippen molar-refractivity contribution in [1.82, 2.24) is 4.90 Å². The number of nitrogens with zero attached hydrogens (tertiary/aromatic N) is 2. The number of anilines is 1. The highest BCUT2D eigenvalue weighted by molar-refractivity contribution is 7.92. The molecule has 0 fully saturated rings. The molecule has 0 unspecified atom stereocenters. The number of ether oxygens (including phenoxy) is 1. The first-order valence-electron chi connectivity index (χ1n) is 9.09. The third kappa shape index (κ3) is 5.44. The molecule has 0 radical (unpaired) electrons. The number of para-hydroxylation sites is 2. The Balaban J connectivity index is 2.30. The van der Waals surface area contributed by atoms with E-state index in [1.807, 2.05) is 0 Å². The van der Waals surface area contributed by atoms with Crippen LogP contribution in [0.3, 0.4) is 0 Å². The predicted molar refractivity (Wildman–Crippen MR) is 107 cm³/mol. The first-order valence-corrected chi connectivity index (χ1v) is 10.5. The van der Waals surface area contributed by atoms with E-state index < -0.39 is 28.7 Å². The number of methoxy groups -OCH3 is 1. The fraction of sp³-hybridized carbons (Fsp3) is 0.350. The van der Waals surface area contributed by atoms with Gasteiger partial charge in [0, 0.05) is 19.2 Å². The molecule has 0 bridgehead atoms. The largest absolute Gasteiger partial charge is 0.495 e. The van der Waals surface area contributed by atoms with E-state index >= 15 is 0 Å². The van der Waals surface area contributed by atoms with Gasteiger partial charge in [-0.05, 0) is 42.8 Å². The number of sulfonamides is 1. The Morgan fingerprint density at radius 1 is 1.07 bits per heavy atom. The van der Waals surface area contributed by atoms with Crippen LogP contribution in [0.1, 0.15) is 23.7 Å². The lowest BCUT2D eigenvalue weighted by molar-refractivity contribution is -0.140. The monoisotopic (exact) mass is 444 g/mol. The zero-order valence-corrected chi connectivity index (χ0v) is 17.6. The van der Waals surface area contributed by atoms with Gasteiger partial charge in [-0.15, -0.1) is 0 Å². The van der Waals surface area contributed by atoms with Gasteiger partial charge in [0.15, 0.2) is 0 Å². The Morgan fingerprint density at radius 2 is 1.67 bits per heavy atom. The van der Waals surface area contributed by atoms with Gasteiger partial charge in [0.05, 0.1) is 17.7 Å². The van der Waals surface area contributed by atoms with Crippen LogP contribution in [0.5, 0.6) is 5.75 Å². The third-order valence-electron chi connectivity index (χ3n) is 4.33. The van der Waals surface area contributed by atoms with Crippen LogP contribution in [-0.2, 0) is 10.0 Å². The SMILES string of the molecule is CCCN(CC(F)(F)F)C(=O)c1ccc(S(=O)(=O)N(C)c2ccccc2OC)cc1. The average Bonchev–Trinajstić information content (AvgIpc) is 2.71. The number of carbonyl (C=O) groups is 1. The molecular formula is C20H23F3N2O4S. The maximum atomic E-state index is 12.9. The zero-order valence-electron chi connectivity index (χ0n) is 16.8. The fourth-order valence-electron chi connectivity index (χ4n) is 2.87. The lowest BCUT2D eigenvalue weighted by Gasteiger charge is -2.24. The summed E-state index contributed by atoms with van der Waals surface area (Å²) in [5, 5.41) is 0. The summed E-state index contributed by atoms with van der Waals surface area (Å²) in [6, 6.07) is 11.4. The van der Waals surface area contributed by atoms with Crippen molar-refractivity contribution in [3.05, 3.63) is 54.1 Å². The van der Waals surface area contributed by atoms with Crippen LogP contribution in [-0.4, -0.2) is 52.6 Å². The first kappa shape index (κ1) is 23.5. The Morgan fingerprint density at radius 3 is 2.20 bits per heavy atom. The van der Waals surface area contributed by atoms with Gasteiger partial charge in [-0.2, -0.15) is 13.2 Å². The maximum absolute atomic E-state index is 12.9. The molecular weight excluding hydrogens is 421 g/mol. The molecule has 2 aromatic rings. The summed E-state index contributed by atoms with van der Waals surface area (Å²) in [4.78, 5) is 13.1. The number of benzene rings is 2. The van der Waals surface area contributed by atoms with Crippen molar-refractivity contribution >= 4 is 21.6 Å². The molecule has 2 rings (SSSR count). The topological polar surface area (TPSA) is 66.9 Å². The number of hydrogen-bond acceptors (Lipinski definition) is 4. The Bertz CT molecular complexity index is 976. The van der Waals surface area contributed by atoms with Crippen molar-refractivity contribution in [2.45, 2.75) is 24.4 Å². The quantitative estimate of drug-likeness (QED) is 0.619. The molecule has 6 nitrogen and oxygen atoms in total. The van der Waals surface area contributed by atoms with E-state index in [0.717, 1.165) is 4.31 Å². The van der Waals surface area contributed by atoms with Gasteiger partial charge < -0.3 is 9.64 Å². The molecule has 0 spiro atoms. The van der Waals surface area contributed by atoms with Gasteiger partial charge in [0.1, 0.15) is 12.3 Å². The molecule has 10 heteroatoms. The van der Waals surface area contributed by atoms with Gasteiger partial charge in [0.2, 0.25) is 0 Å². The standard InChI is InChI=1S/C20H23F3N2O4S/c1-4-13-25(14-20(21,22)23)19(26)15-9-11-16(12-10-15)30(27,28)24(2)17-7-5-6-8-18(17)29-3/h5-12H,4,13-14H2,1-3H3. The minimum absolute atomic E-state index is 0.0217. The lowest BCUT2D eigenvalue weighted by atomic mass is 10.2. The Hall–Kier alpha value is -2.75. The zero-order chi connectivity index (χ0) is 22.5. The van der Waals surface area contributed by atoms with Gasteiger partial charge in [-0.25, -0.2) is 8.42 Å². The van der Waals surface area contributed by atoms with Crippen molar-refractivity contribution in [3.63, 3.8) is 0 Å². The van der Waals surface area contributed by atoms with Crippen LogP contribution in [0, 0.1) is 0 Å². The van der Waals surface area contributed by atoms with E-state index in [2.05, 4.69) is 0 Å². The third-order valence-corrected chi connectivity index (χ3v) is 6.12. The summed E-state index contributed by atoms with van der Waals surface area (Å²) in [7, 11) is -1.20. The molecule has 164 valence electrons. The average molecular weight is 444 g/mol. The molecule has 0 N–H and O–H groups in total. The van der Waals surface area contributed by atoms with Crippen LogP contribution in [0.25, 0.3) is 0 Å². The van der Waals surface area contributed by atoms with Crippen molar-refractivity contribution in [2.24, 2.45) is 0 Å².